The lowest BCUT2D eigenvalue weighted by Crippen LogP contribution is -2.48. The molecule has 2 aromatic heterocycles. The summed E-state index contributed by atoms with van der Waals surface area (Å²) in [6, 6.07) is 6.58. The Hall–Kier alpha value is -4.02. The predicted octanol–water partition coefficient (Wildman–Crippen LogP) is 2.58. The number of aromatic nitrogens is 2. The van der Waals surface area contributed by atoms with Gasteiger partial charge in [0.1, 0.15) is 23.0 Å². The quantitative estimate of drug-likeness (QED) is 0.653. The smallest absolute Gasteiger partial charge is 0.407 e. The van der Waals surface area contributed by atoms with Crippen LogP contribution < -0.4 is 10.6 Å². The average molecular weight is 429 g/mol. The molecule has 9 nitrogen and oxygen atoms in total. The molecule has 0 spiro atoms. The van der Waals surface area contributed by atoms with Crippen molar-refractivity contribution < 1.29 is 27.9 Å². The standard InChI is InChI=1S/C20H17F2N5O4/c21-12-2-1-3-13(22)15(12)19-25-16(18(23)28)17(31-19)11-4-5-14(24-10-11)26-6-8-27(9-7-26)20(29)30/h1-5,10H,6-9H2,(H2,23,28)(H,29,30). The summed E-state index contributed by atoms with van der Waals surface area (Å²) in [5.41, 5.74) is 4.94. The van der Waals surface area contributed by atoms with Gasteiger partial charge in [0.25, 0.3) is 5.91 Å². The number of hydrogen-bond donors (Lipinski definition) is 2. The Kier molecular flexibility index (Phi) is 5.24. The number of anilines is 1. The molecule has 0 unspecified atom stereocenters. The van der Waals surface area contributed by atoms with Crippen LogP contribution in [0.4, 0.5) is 19.4 Å². The summed E-state index contributed by atoms with van der Waals surface area (Å²) in [6.45, 7) is 1.66. The van der Waals surface area contributed by atoms with Gasteiger partial charge in [-0.1, -0.05) is 6.07 Å². The molecule has 3 aromatic rings. The number of pyridine rings is 1. The summed E-state index contributed by atoms with van der Waals surface area (Å²) in [7, 11) is 0. The van der Waals surface area contributed by atoms with E-state index in [1.807, 2.05) is 4.90 Å². The molecule has 0 saturated carbocycles. The second kappa shape index (κ2) is 8.01. The van der Waals surface area contributed by atoms with Gasteiger partial charge in [-0.05, 0) is 24.3 Å². The zero-order valence-electron chi connectivity index (χ0n) is 16.1. The normalized spacial score (nSPS) is 14.0. The maximum absolute atomic E-state index is 14.1. The van der Waals surface area contributed by atoms with Gasteiger partial charge in [0.15, 0.2) is 11.5 Å². The third-order valence-corrected chi connectivity index (χ3v) is 4.92. The third-order valence-electron chi connectivity index (χ3n) is 4.92. The van der Waals surface area contributed by atoms with Crippen molar-refractivity contribution in [2.24, 2.45) is 5.73 Å². The van der Waals surface area contributed by atoms with Crippen molar-refractivity contribution in [2.75, 3.05) is 31.1 Å². The van der Waals surface area contributed by atoms with Gasteiger partial charge in [0.05, 0.1) is 0 Å². The van der Waals surface area contributed by atoms with Crippen molar-refractivity contribution in [3.05, 3.63) is 53.9 Å². The minimum Gasteiger partial charge on any atom is -0.465 e. The first-order valence-electron chi connectivity index (χ1n) is 9.29. The van der Waals surface area contributed by atoms with Crippen LogP contribution in [-0.2, 0) is 0 Å². The zero-order chi connectivity index (χ0) is 22.1. The van der Waals surface area contributed by atoms with Crippen LogP contribution in [0.3, 0.4) is 0 Å². The van der Waals surface area contributed by atoms with Crippen LogP contribution in [-0.4, -0.2) is 58.2 Å². The maximum atomic E-state index is 14.1. The number of nitrogens with two attached hydrogens (primary N) is 1. The van der Waals surface area contributed by atoms with Crippen LogP contribution in [0.25, 0.3) is 22.8 Å². The Morgan fingerprint density at radius 2 is 1.74 bits per heavy atom. The number of hydrogen-bond acceptors (Lipinski definition) is 6. The van der Waals surface area contributed by atoms with Crippen molar-refractivity contribution >= 4 is 17.8 Å². The van der Waals surface area contributed by atoms with E-state index < -0.39 is 35.1 Å². The van der Waals surface area contributed by atoms with E-state index in [9.17, 15) is 18.4 Å². The number of rotatable bonds is 4. The highest BCUT2D eigenvalue weighted by atomic mass is 19.1. The van der Waals surface area contributed by atoms with E-state index in [0.29, 0.717) is 37.6 Å². The molecule has 0 radical (unpaired) electrons. The molecule has 160 valence electrons. The summed E-state index contributed by atoms with van der Waals surface area (Å²) in [6.07, 6.45) is 0.460. The molecular weight excluding hydrogens is 412 g/mol. The van der Waals surface area contributed by atoms with Crippen LogP contribution in [0, 0.1) is 11.6 Å². The van der Waals surface area contributed by atoms with Crippen LogP contribution >= 0.6 is 0 Å². The summed E-state index contributed by atoms with van der Waals surface area (Å²) >= 11 is 0. The number of benzene rings is 1. The lowest BCUT2D eigenvalue weighted by Gasteiger charge is -2.33. The van der Waals surface area contributed by atoms with Crippen LogP contribution in [0.15, 0.2) is 40.9 Å². The molecular formula is C20H17F2N5O4. The molecule has 0 aliphatic carbocycles. The lowest BCUT2D eigenvalue weighted by molar-refractivity contribution is 0.0996. The molecule has 1 aromatic carbocycles. The van der Waals surface area contributed by atoms with Gasteiger partial charge < -0.3 is 25.1 Å². The number of halogens is 2. The number of piperazine rings is 1. The van der Waals surface area contributed by atoms with Gasteiger partial charge >= 0.3 is 6.09 Å². The van der Waals surface area contributed by atoms with Crippen molar-refractivity contribution in [1.29, 1.82) is 0 Å². The Bertz CT molecular complexity index is 1120. The Labute approximate surface area is 174 Å². The molecule has 1 aliphatic rings. The fourth-order valence-corrected chi connectivity index (χ4v) is 3.33. The number of carbonyl (C=O) groups is 2. The van der Waals surface area contributed by atoms with Crippen LogP contribution in [0.2, 0.25) is 0 Å². The molecule has 3 heterocycles. The van der Waals surface area contributed by atoms with E-state index in [2.05, 4.69) is 9.97 Å². The predicted molar refractivity (Wildman–Crippen MR) is 105 cm³/mol. The molecule has 4 rings (SSSR count). The fourth-order valence-electron chi connectivity index (χ4n) is 3.33. The summed E-state index contributed by atoms with van der Waals surface area (Å²) in [5.74, 6) is -2.56. The van der Waals surface area contributed by atoms with Gasteiger partial charge in [0, 0.05) is 37.9 Å². The highest BCUT2D eigenvalue weighted by Crippen LogP contribution is 2.32. The molecule has 0 atom stereocenters. The summed E-state index contributed by atoms with van der Waals surface area (Å²) < 4.78 is 33.7. The lowest BCUT2D eigenvalue weighted by atomic mass is 10.2. The number of carboxylic acid groups (broad SMARTS) is 1. The number of carbonyl (C=O) groups excluding carboxylic acids is 1. The molecule has 1 fully saturated rings. The van der Waals surface area contributed by atoms with Gasteiger partial charge in [-0.15, -0.1) is 0 Å². The Morgan fingerprint density at radius 3 is 2.29 bits per heavy atom. The van der Waals surface area contributed by atoms with Crippen molar-refractivity contribution in [1.82, 2.24) is 14.9 Å². The van der Waals surface area contributed by atoms with E-state index in [1.54, 1.807) is 12.1 Å². The number of amides is 2. The van der Waals surface area contributed by atoms with Gasteiger partial charge in [-0.3, -0.25) is 4.79 Å². The maximum Gasteiger partial charge on any atom is 0.407 e. The average Bonchev–Trinajstić information content (AvgIpc) is 3.19. The zero-order valence-corrected chi connectivity index (χ0v) is 16.1. The van der Waals surface area contributed by atoms with Crippen molar-refractivity contribution in [3.63, 3.8) is 0 Å². The minimum absolute atomic E-state index is 0.0556. The Balaban J connectivity index is 1.63. The fraction of sp³-hybridized carbons (Fsp3) is 0.200. The monoisotopic (exact) mass is 429 g/mol. The molecule has 2 amide bonds. The second-order valence-corrected chi connectivity index (χ2v) is 6.82. The van der Waals surface area contributed by atoms with Crippen molar-refractivity contribution in [3.8, 4) is 22.8 Å². The molecule has 1 saturated heterocycles. The van der Waals surface area contributed by atoms with Gasteiger partial charge in [0.2, 0.25) is 5.89 Å². The summed E-state index contributed by atoms with van der Waals surface area (Å²) in [4.78, 5) is 34.3. The van der Waals surface area contributed by atoms with E-state index >= 15 is 0 Å². The molecule has 0 bridgehead atoms. The van der Waals surface area contributed by atoms with E-state index in [0.717, 1.165) is 12.1 Å². The third kappa shape index (κ3) is 3.89. The molecule has 31 heavy (non-hydrogen) atoms. The first-order valence-corrected chi connectivity index (χ1v) is 9.29. The van der Waals surface area contributed by atoms with Crippen molar-refractivity contribution in [2.45, 2.75) is 0 Å². The summed E-state index contributed by atoms with van der Waals surface area (Å²) in [5, 5.41) is 9.04. The van der Waals surface area contributed by atoms with E-state index in [4.69, 9.17) is 15.3 Å². The SMILES string of the molecule is NC(=O)c1nc(-c2c(F)cccc2F)oc1-c1ccc(N2CCN(C(=O)O)CC2)nc1. The number of oxazole rings is 1. The highest BCUT2D eigenvalue weighted by Gasteiger charge is 2.25. The van der Waals surface area contributed by atoms with Crippen LogP contribution in [0.5, 0.6) is 0 Å². The Morgan fingerprint density at radius 1 is 1.06 bits per heavy atom. The second-order valence-electron chi connectivity index (χ2n) is 6.82. The molecule has 11 heteroatoms. The van der Waals surface area contributed by atoms with Gasteiger partial charge in [-0.2, -0.15) is 0 Å². The molecule has 3 N–H and O–H groups in total. The minimum atomic E-state index is -0.964. The number of primary amides is 1. The first kappa shape index (κ1) is 20.3. The van der Waals surface area contributed by atoms with Crippen LogP contribution in [0.1, 0.15) is 10.5 Å². The topological polar surface area (TPSA) is 126 Å². The van der Waals surface area contributed by atoms with E-state index in [1.165, 1.54) is 17.2 Å². The highest BCUT2D eigenvalue weighted by molar-refractivity contribution is 5.97. The van der Waals surface area contributed by atoms with Gasteiger partial charge in [-0.25, -0.2) is 23.5 Å². The largest absolute Gasteiger partial charge is 0.465 e. The van der Waals surface area contributed by atoms with E-state index in [-0.39, 0.29) is 11.5 Å². The molecule has 1 aliphatic heterocycles. The first-order chi connectivity index (χ1) is 14.8. The number of nitrogens with zero attached hydrogens (tertiary/aromatic N) is 4.